The fraction of sp³-hybridized carbons (Fsp3) is 0.571. The van der Waals surface area contributed by atoms with Crippen LogP contribution < -0.4 is 0 Å². The van der Waals surface area contributed by atoms with Gasteiger partial charge in [-0.25, -0.2) is 8.42 Å². The highest BCUT2D eigenvalue weighted by molar-refractivity contribution is 7.90. The van der Waals surface area contributed by atoms with E-state index in [0.717, 1.165) is 5.56 Å². The van der Waals surface area contributed by atoms with Gasteiger partial charge in [0.05, 0.1) is 12.3 Å². The third kappa shape index (κ3) is 4.89. The molecule has 0 aromatic carbocycles. The molecule has 0 atom stereocenters. The van der Waals surface area contributed by atoms with Crippen LogP contribution in [0.1, 0.15) is 26.7 Å². The standard InChI is InChI=1S/C14H21N3O3S2/c1-14(2,3)17(6-8-22(4,18)19)9-12-15-13(16-20-12)11-5-7-21-10-11/h5,7,10H,6,8-9H2,1-4H3. The topological polar surface area (TPSA) is 76.3 Å². The van der Waals surface area contributed by atoms with Crippen LogP contribution in [0.4, 0.5) is 0 Å². The van der Waals surface area contributed by atoms with Crippen LogP contribution in [-0.4, -0.2) is 47.6 Å². The molecule has 0 aliphatic rings. The van der Waals surface area contributed by atoms with Gasteiger partial charge in [0, 0.05) is 29.3 Å². The van der Waals surface area contributed by atoms with Gasteiger partial charge in [-0.15, -0.1) is 0 Å². The third-order valence-corrected chi connectivity index (χ3v) is 4.86. The molecule has 0 aliphatic heterocycles. The molecule has 2 aromatic heterocycles. The third-order valence-electron chi connectivity index (χ3n) is 3.25. The van der Waals surface area contributed by atoms with Crippen molar-refractivity contribution in [1.29, 1.82) is 0 Å². The molecule has 0 unspecified atom stereocenters. The van der Waals surface area contributed by atoms with Gasteiger partial charge in [0.1, 0.15) is 9.84 Å². The highest BCUT2D eigenvalue weighted by Gasteiger charge is 2.24. The van der Waals surface area contributed by atoms with E-state index in [1.54, 1.807) is 11.3 Å². The lowest BCUT2D eigenvalue weighted by Gasteiger charge is -2.34. The summed E-state index contributed by atoms with van der Waals surface area (Å²) in [6.07, 6.45) is 1.25. The normalized spacial score (nSPS) is 13.0. The molecule has 8 heteroatoms. The minimum atomic E-state index is -3.01. The van der Waals surface area contributed by atoms with Crippen molar-refractivity contribution in [3.05, 3.63) is 22.7 Å². The second kappa shape index (κ2) is 6.47. The quantitative estimate of drug-likeness (QED) is 0.802. The Hall–Kier alpha value is -1.25. The Bertz CT molecular complexity index is 700. The fourth-order valence-electron chi connectivity index (χ4n) is 1.92. The number of hydrogen-bond acceptors (Lipinski definition) is 7. The van der Waals surface area contributed by atoms with Gasteiger partial charge in [-0.2, -0.15) is 16.3 Å². The van der Waals surface area contributed by atoms with E-state index in [0.29, 0.717) is 24.8 Å². The van der Waals surface area contributed by atoms with Gasteiger partial charge in [0.2, 0.25) is 11.7 Å². The van der Waals surface area contributed by atoms with Crippen molar-refractivity contribution < 1.29 is 12.9 Å². The molecular formula is C14H21N3O3S2. The van der Waals surface area contributed by atoms with Crippen LogP contribution in [0.5, 0.6) is 0 Å². The first kappa shape index (κ1) is 17.1. The highest BCUT2D eigenvalue weighted by atomic mass is 32.2. The Morgan fingerprint density at radius 3 is 2.64 bits per heavy atom. The Balaban J connectivity index is 2.10. The van der Waals surface area contributed by atoms with E-state index in [9.17, 15) is 8.42 Å². The Morgan fingerprint density at radius 1 is 1.36 bits per heavy atom. The zero-order valence-corrected chi connectivity index (χ0v) is 14.9. The average molecular weight is 343 g/mol. The van der Waals surface area contributed by atoms with E-state index in [4.69, 9.17) is 4.52 Å². The number of sulfone groups is 1. The number of hydrogen-bond donors (Lipinski definition) is 0. The van der Waals surface area contributed by atoms with E-state index in [2.05, 4.69) is 10.1 Å². The zero-order chi connectivity index (χ0) is 16.4. The molecule has 2 aromatic rings. The van der Waals surface area contributed by atoms with Gasteiger partial charge >= 0.3 is 0 Å². The molecule has 2 heterocycles. The monoisotopic (exact) mass is 343 g/mol. The Kier molecular flexibility index (Phi) is 5.03. The molecule has 0 saturated carbocycles. The second-order valence-corrected chi connectivity index (χ2v) is 9.29. The molecule has 0 bridgehead atoms. The molecule has 0 fully saturated rings. The summed E-state index contributed by atoms with van der Waals surface area (Å²) in [5, 5.41) is 7.89. The van der Waals surface area contributed by atoms with Crippen molar-refractivity contribution in [2.24, 2.45) is 0 Å². The van der Waals surface area contributed by atoms with Crippen molar-refractivity contribution in [3.8, 4) is 11.4 Å². The molecule has 0 spiro atoms. The summed E-state index contributed by atoms with van der Waals surface area (Å²) in [7, 11) is -3.01. The van der Waals surface area contributed by atoms with Gasteiger partial charge in [0.25, 0.3) is 0 Å². The Morgan fingerprint density at radius 2 is 2.09 bits per heavy atom. The predicted octanol–water partition coefficient (Wildman–Crippen LogP) is 2.44. The molecule has 6 nitrogen and oxygen atoms in total. The van der Waals surface area contributed by atoms with E-state index in [1.807, 2.05) is 42.5 Å². The first-order valence-corrected chi connectivity index (χ1v) is 9.93. The van der Waals surface area contributed by atoms with E-state index >= 15 is 0 Å². The molecule has 2 rings (SSSR count). The smallest absolute Gasteiger partial charge is 0.241 e. The lowest BCUT2D eigenvalue weighted by atomic mass is 10.1. The van der Waals surface area contributed by atoms with Crippen LogP contribution in [0, 0.1) is 0 Å². The molecule has 0 N–H and O–H groups in total. The summed E-state index contributed by atoms with van der Waals surface area (Å²) in [5.74, 6) is 1.16. The maximum atomic E-state index is 11.4. The van der Waals surface area contributed by atoms with Crippen LogP contribution in [-0.2, 0) is 16.4 Å². The van der Waals surface area contributed by atoms with Crippen molar-refractivity contribution >= 4 is 21.2 Å². The van der Waals surface area contributed by atoms with Crippen LogP contribution in [0.25, 0.3) is 11.4 Å². The number of aromatic nitrogens is 2. The largest absolute Gasteiger partial charge is 0.338 e. The molecule has 22 heavy (non-hydrogen) atoms. The minimum absolute atomic E-state index is 0.107. The first-order chi connectivity index (χ1) is 10.1. The van der Waals surface area contributed by atoms with Gasteiger partial charge in [-0.1, -0.05) is 5.16 Å². The molecule has 0 aliphatic carbocycles. The fourth-order valence-corrected chi connectivity index (χ4v) is 3.11. The summed E-state index contributed by atoms with van der Waals surface area (Å²) in [6.45, 7) is 6.96. The molecular weight excluding hydrogens is 322 g/mol. The molecule has 0 saturated heterocycles. The average Bonchev–Trinajstić information content (AvgIpc) is 3.02. The maximum Gasteiger partial charge on any atom is 0.241 e. The van der Waals surface area contributed by atoms with Gasteiger partial charge < -0.3 is 4.52 Å². The Labute approximate surface area is 135 Å². The summed E-state index contributed by atoms with van der Waals surface area (Å²) in [4.78, 5) is 6.41. The summed E-state index contributed by atoms with van der Waals surface area (Å²) in [5.41, 5.74) is 0.736. The predicted molar refractivity (Wildman–Crippen MR) is 87.5 cm³/mol. The molecule has 0 radical (unpaired) electrons. The first-order valence-electron chi connectivity index (χ1n) is 6.93. The number of nitrogens with zero attached hydrogens (tertiary/aromatic N) is 3. The summed E-state index contributed by atoms with van der Waals surface area (Å²) in [6, 6.07) is 1.94. The maximum absolute atomic E-state index is 11.4. The number of rotatable bonds is 6. The SMILES string of the molecule is CC(C)(C)N(CCS(C)(=O)=O)Cc1nc(-c2ccsc2)no1. The van der Waals surface area contributed by atoms with Gasteiger partial charge in [-0.05, 0) is 32.2 Å². The zero-order valence-electron chi connectivity index (χ0n) is 13.2. The number of thiophene rings is 1. The lowest BCUT2D eigenvalue weighted by molar-refractivity contribution is 0.120. The highest BCUT2D eigenvalue weighted by Crippen LogP contribution is 2.21. The van der Waals surface area contributed by atoms with Crippen LogP contribution in [0.2, 0.25) is 0 Å². The van der Waals surface area contributed by atoms with E-state index in [-0.39, 0.29) is 11.3 Å². The van der Waals surface area contributed by atoms with Gasteiger partial charge in [0.15, 0.2) is 0 Å². The van der Waals surface area contributed by atoms with E-state index < -0.39 is 9.84 Å². The molecule has 0 amide bonds. The minimum Gasteiger partial charge on any atom is -0.338 e. The lowest BCUT2D eigenvalue weighted by Crippen LogP contribution is -2.43. The van der Waals surface area contributed by atoms with Crippen molar-refractivity contribution in [3.63, 3.8) is 0 Å². The second-order valence-electron chi connectivity index (χ2n) is 6.25. The summed E-state index contributed by atoms with van der Waals surface area (Å²) < 4.78 is 28.1. The molecule has 122 valence electrons. The summed E-state index contributed by atoms with van der Waals surface area (Å²) >= 11 is 1.57. The van der Waals surface area contributed by atoms with Crippen molar-refractivity contribution in [2.45, 2.75) is 32.9 Å². The van der Waals surface area contributed by atoms with Crippen LogP contribution >= 0.6 is 11.3 Å². The van der Waals surface area contributed by atoms with E-state index in [1.165, 1.54) is 6.26 Å². The van der Waals surface area contributed by atoms with Crippen LogP contribution in [0.15, 0.2) is 21.3 Å². The van der Waals surface area contributed by atoms with Crippen molar-refractivity contribution in [2.75, 3.05) is 18.6 Å². The van der Waals surface area contributed by atoms with Crippen LogP contribution in [0.3, 0.4) is 0 Å². The van der Waals surface area contributed by atoms with Gasteiger partial charge in [-0.3, -0.25) is 4.90 Å². The van der Waals surface area contributed by atoms with Crippen molar-refractivity contribution in [1.82, 2.24) is 15.0 Å².